The number of aliphatic carboxylic acids is 1. The first kappa shape index (κ1) is 10.4. The number of fused-ring (bicyclic) bond motifs is 1. The van der Waals surface area contributed by atoms with E-state index in [2.05, 4.69) is 4.98 Å². The topological polar surface area (TPSA) is 96.2 Å². The molecule has 1 aromatic heterocycles. The molecule has 0 aliphatic carbocycles. The van der Waals surface area contributed by atoms with Gasteiger partial charge < -0.3 is 15.8 Å². The zero-order valence-corrected chi connectivity index (χ0v) is 8.31. The van der Waals surface area contributed by atoms with Gasteiger partial charge in [0, 0.05) is 11.1 Å². The minimum absolute atomic E-state index is 0.0613. The molecule has 16 heavy (non-hydrogen) atoms. The molecule has 0 amide bonds. The van der Waals surface area contributed by atoms with Crippen LogP contribution in [0.5, 0.6) is 0 Å². The van der Waals surface area contributed by atoms with E-state index in [1.165, 1.54) is 6.07 Å². The maximum absolute atomic E-state index is 11.6. The number of pyridine rings is 1. The number of hydrogen-bond acceptors (Lipinski definition) is 3. The van der Waals surface area contributed by atoms with E-state index >= 15 is 0 Å². The van der Waals surface area contributed by atoms with E-state index < -0.39 is 17.6 Å². The highest BCUT2D eigenvalue weighted by atomic mass is 16.4. The SMILES string of the molecule is NC(C(=O)O)c1cc2ccccc2[nH]c1=O. The standard InChI is InChI=1S/C11H10N2O3/c12-9(11(15)16)7-5-6-3-1-2-4-8(6)13-10(7)14/h1-5,9H,12H2,(H,13,14)(H,15,16). The molecule has 82 valence electrons. The Morgan fingerprint density at radius 3 is 2.75 bits per heavy atom. The lowest BCUT2D eigenvalue weighted by Crippen LogP contribution is -2.27. The summed E-state index contributed by atoms with van der Waals surface area (Å²) in [5, 5.41) is 9.51. The van der Waals surface area contributed by atoms with Crippen molar-refractivity contribution in [3.05, 3.63) is 46.2 Å². The quantitative estimate of drug-likeness (QED) is 0.688. The summed E-state index contributed by atoms with van der Waals surface area (Å²) in [7, 11) is 0. The molecule has 0 aliphatic heterocycles. The number of aromatic amines is 1. The van der Waals surface area contributed by atoms with Crippen molar-refractivity contribution in [2.75, 3.05) is 0 Å². The Morgan fingerprint density at radius 1 is 1.38 bits per heavy atom. The van der Waals surface area contributed by atoms with Crippen LogP contribution < -0.4 is 11.3 Å². The molecule has 0 saturated carbocycles. The van der Waals surface area contributed by atoms with Crippen LogP contribution in [0.15, 0.2) is 35.1 Å². The summed E-state index contributed by atoms with van der Waals surface area (Å²) in [5.74, 6) is -1.22. The lowest BCUT2D eigenvalue weighted by atomic mass is 10.1. The van der Waals surface area contributed by atoms with Crippen molar-refractivity contribution in [1.29, 1.82) is 0 Å². The third-order valence-corrected chi connectivity index (χ3v) is 2.38. The molecule has 5 heteroatoms. The Morgan fingerprint density at radius 2 is 2.06 bits per heavy atom. The number of carboxylic acid groups (broad SMARTS) is 1. The second kappa shape index (κ2) is 3.79. The summed E-state index contributed by atoms with van der Waals surface area (Å²) >= 11 is 0. The van der Waals surface area contributed by atoms with Gasteiger partial charge in [0.2, 0.25) is 0 Å². The normalized spacial score (nSPS) is 12.6. The summed E-state index contributed by atoms with van der Waals surface area (Å²) in [4.78, 5) is 24.9. The van der Waals surface area contributed by atoms with Crippen LogP contribution in [0.4, 0.5) is 0 Å². The largest absolute Gasteiger partial charge is 0.480 e. The summed E-state index contributed by atoms with van der Waals surface area (Å²) in [6.45, 7) is 0. The van der Waals surface area contributed by atoms with Gasteiger partial charge in [0.25, 0.3) is 5.56 Å². The zero-order valence-electron chi connectivity index (χ0n) is 8.31. The number of H-pyrrole nitrogens is 1. The van der Waals surface area contributed by atoms with E-state index in [0.29, 0.717) is 5.52 Å². The van der Waals surface area contributed by atoms with Crippen molar-refractivity contribution >= 4 is 16.9 Å². The minimum Gasteiger partial charge on any atom is -0.480 e. The molecular weight excluding hydrogens is 208 g/mol. The highest BCUT2D eigenvalue weighted by molar-refractivity contribution is 5.81. The van der Waals surface area contributed by atoms with Gasteiger partial charge in [-0.1, -0.05) is 18.2 Å². The van der Waals surface area contributed by atoms with Crippen LogP contribution in [0.3, 0.4) is 0 Å². The molecular formula is C11H10N2O3. The third-order valence-electron chi connectivity index (χ3n) is 2.38. The van der Waals surface area contributed by atoms with Gasteiger partial charge in [-0.25, -0.2) is 0 Å². The van der Waals surface area contributed by atoms with E-state index in [4.69, 9.17) is 10.8 Å². The molecule has 0 aliphatic rings. The Labute approximate surface area is 90.5 Å². The van der Waals surface area contributed by atoms with Crippen LogP contribution in [0.25, 0.3) is 10.9 Å². The molecule has 0 fully saturated rings. The number of para-hydroxylation sites is 1. The molecule has 0 saturated heterocycles. The highest BCUT2D eigenvalue weighted by Gasteiger charge is 2.18. The van der Waals surface area contributed by atoms with Crippen LogP contribution in [-0.2, 0) is 4.79 Å². The van der Waals surface area contributed by atoms with Gasteiger partial charge in [-0.2, -0.15) is 0 Å². The van der Waals surface area contributed by atoms with Crippen LogP contribution in [0, 0.1) is 0 Å². The van der Waals surface area contributed by atoms with Crippen molar-refractivity contribution in [3.8, 4) is 0 Å². The van der Waals surface area contributed by atoms with Crippen LogP contribution in [0.1, 0.15) is 11.6 Å². The molecule has 5 nitrogen and oxygen atoms in total. The van der Waals surface area contributed by atoms with Gasteiger partial charge in [-0.3, -0.25) is 9.59 Å². The molecule has 2 rings (SSSR count). The van der Waals surface area contributed by atoms with Crippen molar-refractivity contribution < 1.29 is 9.90 Å². The third kappa shape index (κ3) is 1.68. The average molecular weight is 218 g/mol. The summed E-state index contributed by atoms with van der Waals surface area (Å²) in [6.07, 6.45) is 0. The first-order valence-corrected chi connectivity index (χ1v) is 4.70. The number of nitrogens with two attached hydrogens (primary N) is 1. The average Bonchev–Trinajstić information content (AvgIpc) is 2.27. The van der Waals surface area contributed by atoms with Crippen LogP contribution >= 0.6 is 0 Å². The number of rotatable bonds is 2. The van der Waals surface area contributed by atoms with Crippen molar-refractivity contribution in [1.82, 2.24) is 4.98 Å². The molecule has 4 N–H and O–H groups in total. The Balaban J connectivity index is 2.67. The Kier molecular flexibility index (Phi) is 2.46. The molecule has 1 heterocycles. The molecule has 1 atom stereocenters. The van der Waals surface area contributed by atoms with Gasteiger partial charge in [-0.05, 0) is 17.5 Å². The fraction of sp³-hybridized carbons (Fsp3) is 0.0909. The van der Waals surface area contributed by atoms with Gasteiger partial charge in [0.1, 0.15) is 6.04 Å². The number of benzene rings is 1. The summed E-state index contributed by atoms with van der Waals surface area (Å²) in [6, 6.07) is 7.32. The fourth-order valence-corrected chi connectivity index (χ4v) is 1.53. The van der Waals surface area contributed by atoms with Crippen LogP contribution in [0.2, 0.25) is 0 Å². The van der Waals surface area contributed by atoms with Gasteiger partial charge in [-0.15, -0.1) is 0 Å². The van der Waals surface area contributed by atoms with Crippen molar-refractivity contribution in [2.45, 2.75) is 6.04 Å². The number of carboxylic acids is 1. The van der Waals surface area contributed by atoms with E-state index in [-0.39, 0.29) is 5.56 Å². The fourth-order valence-electron chi connectivity index (χ4n) is 1.53. The summed E-state index contributed by atoms with van der Waals surface area (Å²) in [5.41, 5.74) is 5.67. The second-order valence-electron chi connectivity index (χ2n) is 3.46. The Hall–Kier alpha value is -2.14. The first-order valence-electron chi connectivity index (χ1n) is 4.70. The molecule has 1 aromatic carbocycles. The number of carbonyl (C=O) groups is 1. The van der Waals surface area contributed by atoms with Crippen molar-refractivity contribution in [3.63, 3.8) is 0 Å². The van der Waals surface area contributed by atoms with Crippen LogP contribution in [-0.4, -0.2) is 16.1 Å². The molecule has 0 bridgehead atoms. The lowest BCUT2D eigenvalue weighted by molar-refractivity contribution is -0.138. The molecule has 1 unspecified atom stereocenters. The van der Waals surface area contributed by atoms with Crippen molar-refractivity contribution in [2.24, 2.45) is 5.73 Å². The smallest absolute Gasteiger partial charge is 0.325 e. The maximum Gasteiger partial charge on any atom is 0.325 e. The lowest BCUT2D eigenvalue weighted by Gasteiger charge is -2.06. The monoisotopic (exact) mass is 218 g/mol. The van der Waals surface area contributed by atoms with E-state index in [1.807, 2.05) is 0 Å². The first-order chi connectivity index (χ1) is 7.59. The highest BCUT2D eigenvalue weighted by Crippen LogP contribution is 2.13. The van der Waals surface area contributed by atoms with E-state index in [0.717, 1.165) is 5.39 Å². The molecule has 2 aromatic rings. The zero-order chi connectivity index (χ0) is 11.7. The predicted octanol–water partition coefficient (Wildman–Crippen LogP) is 0.613. The maximum atomic E-state index is 11.6. The van der Waals surface area contributed by atoms with E-state index in [1.54, 1.807) is 24.3 Å². The van der Waals surface area contributed by atoms with E-state index in [9.17, 15) is 9.59 Å². The molecule has 0 spiro atoms. The number of hydrogen-bond donors (Lipinski definition) is 3. The predicted molar refractivity (Wildman–Crippen MR) is 59.1 cm³/mol. The summed E-state index contributed by atoms with van der Waals surface area (Å²) < 4.78 is 0. The van der Waals surface area contributed by atoms with Gasteiger partial charge >= 0.3 is 5.97 Å². The van der Waals surface area contributed by atoms with Gasteiger partial charge in [0.15, 0.2) is 0 Å². The molecule has 0 radical (unpaired) electrons. The Bertz CT molecular complexity index is 603. The van der Waals surface area contributed by atoms with Gasteiger partial charge in [0.05, 0.1) is 0 Å². The second-order valence-corrected chi connectivity index (χ2v) is 3.46. The number of aromatic nitrogens is 1. The number of nitrogens with one attached hydrogen (secondary N) is 1. The minimum atomic E-state index is -1.30.